The smallest absolute Gasteiger partial charge is 0.119 e. The molecule has 1 heterocycles. The minimum absolute atomic E-state index is 0.0644. The minimum Gasteiger partial charge on any atom is -0.497 e. The van der Waals surface area contributed by atoms with E-state index in [-0.39, 0.29) is 11.5 Å². The van der Waals surface area contributed by atoms with Crippen LogP contribution in [-0.4, -0.2) is 12.2 Å². The first-order valence-electron chi connectivity index (χ1n) is 7.21. The van der Waals surface area contributed by atoms with Crippen LogP contribution in [0.25, 0.3) is 0 Å². The van der Waals surface area contributed by atoms with Gasteiger partial charge in [-0.15, -0.1) is 0 Å². The fraction of sp³-hybridized carbons (Fsp3) is 0.333. The van der Waals surface area contributed by atoms with E-state index < -0.39 is 6.10 Å². The molecule has 3 nitrogen and oxygen atoms in total. The van der Waals surface area contributed by atoms with E-state index in [1.54, 1.807) is 7.11 Å². The van der Waals surface area contributed by atoms with Crippen molar-refractivity contribution in [3.8, 4) is 5.75 Å². The summed E-state index contributed by atoms with van der Waals surface area (Å²) in [5.41, 5.74) is 2.73. The summed E-state index contributed by atoms with van der Waals surface area (Å²) in [6.45, 7) is 4.18. The van der Waals surface area contributed by atoms with Gasteiger partial charge in [-0.3, -0.25) is 0 Å². The summed E-state index contributed by atoms with van der Waals surface area (Å²) in [4.78, 5) is 0. The van der Waals surface area contributed by atoms with Crippen LogP contribution >= 0.6 is 0 Å². The maximum atomic E-state index is 10.8. The minimum atomic E-state index is -0.547. The highest BCUT2D eigenvalue weighted by atomic mass is 16.5. The maximum Gasteiger partial charge on any atom is 0.119 e. The van der Waals surface area contributed by atoms with Crippen LogP contribution in [0.1, 0.15) is 37.1 Å². The normalized spacial score (nSPS) is 23.0. The summed E-state index contributed by atoms with van der Waals surface area (Å²) < 4.78 is 5.27. The first kappa shape index (κ1) is 14.0. The predicted octanol–water partition coefficient (Wildman–Crippen LogP) is 3.92. The van der Waals surface area contributed by atoms with Gasteiger partial charge in [0, 0.05) is 16.7 Å². The lowest BCUT2D eigenvalue weighted by molar-refractivity contribution is 0.0288. The van der Waals surface area contributed by atoms with E-state index in [0.717, 1.165) is 17.0 Å². The van der Waals surface area contributed by atoms with Crippen molar-refractivity contribution in [1.29, 1.82) is 0 Å². The van der Waals surface area contributed by atoms with E-state index in [2.05, 4.69) is 31.3 Å². The first-order chi connectivity index (χ1) is 10.0. The fourth-order valence-electron chi connectivity index (χ4n) is 3.08. The van der Waals surface area contributed by atoms with Gasteiger partial charge < -0.3 is 15.2 Å². The quantitative estimate of drug-likeness (QED) is 0.877. The van der Waals surface area contributed by atoms with Crippen LogP contribution in [0, 0.1) is 5.41 Å². The Morgan fingerprint density at radius 2 is 1.81 bits per heavy atom. The maximum absolute atomic E-state index is 10.8. The molecule has 1 aliphatic rings. The van der Waals surface area contributed by atoms with Crippen LogP contribution in [0.4, 0.5) is 5.69 Å². The lowest BCUT2D eigenvalue weighted by atomic mass is 9.71. The number of benzene rings is 2. The number of anilines is 1. The van der Waals surface area contributed by atoms with Gasteiger partial charge in [-0.05, 0) is 23.8 Å². The van der Waals surface area contributed by atoms with Gasteiger partial charge in [0.15, 0.2) is 0 Å². The zero-order chi connectivity index (χ0) is 15.0. The number of nitrogens with one attached hydrogen (secondary N) is 1. The summed E-state index contributed by atoms with van der Waals surface area (Å²) in [6, 6.07) is 16.1. The zero-order valence-electron chi connectivity index (χ0n) is 12.6. The second-order valence-corrected chi connectivity index (χ2v) is 6.17. The topological polar surface area (TPSA) is 41.5 Å². The summed E-state index contributed by atoms with van der Waals surface area (Å²) in [5.74, 6) is 0.767. The second-order valence-electron chi connectivity index (χ2n) is 6.17. The Kier molecular flexibility index (Phi) is 3.38. The Labute approximate surface area is 125 Å². The molecule has 2 atom stereocenters. The molecule has 3 rings (SSSR count). The molecule has 0 spiro atoms. The Morgan fingerprint density at radius 1 is 1.10 bits per heavy atom. The Balaban J connectivity index is 2.07. The van der Waals surface area contributed by atoms with Gasteiger partial charge in [0.25, 0.3) is 0 Å². The number of rotatable bonds is 2. The highest BCUT2D eigenvalue weighted by Crippen LogP contribution is 2.51. The molecule has 0 radical (unpaired) electrons. The molecule has 0 bridgehead atoms. The number of ether oxygens (including phenoxy) is 1. The van der Waals surface area contributed by atoms with Crippen molar-refractivity contribution in [3.05, 3.63) is 59.7 Å². The SMILES string of the molecule is COc1ccc2c(c1)C(O)C(C)(C)C(c1ccccc1)N2. The molecule has 0 saturated heterocycles. The molecule has 1 aliphatic heterocycles. The molecular weight excluding hydrogens is 262 g/mol. The third kappa shape index (κ3) is 2.28. The molecule has 0 aromatic heterocycles. The van der Waals surface area contributed by atoms with Crippen LogP contribution in [0.5, 0.6) is 5.75 Å². The molecule has 21 heavy (non-hydrogen) atoms. The molecule has 2 unspecified atom stereocenters. The fourth-order valence-corrected chi connectivity index (χ4v) is 3.08. The molecule has 0 aliphatic carbocycles. The molecule has 110 valence electrons. The molecule has 2 aromatic rings. The van der Waals surface area contributed by atoms with Crippen LogP contribution in [-0.2, 0) is 0 Å². The lowest BCUT2D eigenvalue weighted by Crippen LogP contribution is -2.38. The standard InChI is InChI=1S/C18H21NO2/c1-18(2)16(12-7-5-4-6-8-12)19-15-10-9-13(21-3)11-14(15)17(18)20/h4-11,16-17,19-20H,1-3H3. The largest absolute Gasteiger partial charge is 0.497 e. The van der Waals surface area contributed by atoms with E-state index >= 15 is 0 Å². The van der Waals surface area contributed by atoms with Gasteiger partial charge in [-0.25, -0.2) is 0 Å². The van der Waals surface area contributed by atoms with Gasteiger partial charge >= 0.3 is 0 Å². The van der Waals surface area contributed by atoms with Crippen molar-refractivity contribution in [3.63, 3.8) is 0 Å². The monoisotopic (exact) mass is 283 g/mol. The number of aliphatic hydroxyl groups excluding tert-OH is 1. The third-order valence-corrected chi connectivity index (χ3v) is 4.43. The van der Waals surface area contributed by atoms with Crippen LogP contribution in [0.2, 0.25) is 0 Å². The van der Waals surface area contributed by atoms with Gasteiger partial charge in [0.1, 0.15) is 5.75 Å². The Morgan fingerprint density at radius 3 is 2.48 bits per heavy atom. The van der Waals surface area contributed by atoms with Gasteiger partial charge in [0.05, 0.1) is 19.3 Å². The van der Waals surface area contributed by atoms with Crippen molar-refractivity contribution in [2.75, 3.05) is 12.4 Å². The average Bonchev–Trinajstić information content (AvgIpc) is 2.51. The number of fused-ring (bicyclic) bond motifs is 1. The van der Waals surface area contributed by atoms with Crippen molar-refractivity contribution in [2.24, 2.45) is 5.41 Å². The Hall–Kier alpha value is -2.00. The van der Waals surface area contributed by atoms with E-state index in [1.807, 2.05) is 36.4 Å². The molecule has 3 heteroatoms. The van der Waals surface area contributed by atoms with Crippen molar-refractivity contribution < 1.29 is 9.84 Å². The summed E-state index contributed by atoms with van der Waals surface area (Å²) >= 11 is 0. The third-order valence-electron chi connectivity index (χ3n) is 4.43. The van der Waals surface area contributed by atoms with Crippen LogP contribution in [0.15, 0.2) is 48.5 Å². The first-order valence-corrected chi connectivity index (χ1v) is 7.21. The van der Waals surface area contributed by atoms with Gasteiger partial charge in [-0.2, -0.15) is 0 Å². The number of hydrogen-bond donors (Lipinski definition) is 2. The molecule has 0 fully saturated rings. The summed E-state index contributed by atoms with van der Waals surface area (Å²) in [6.07, 6.45) is -0.547. The highest BCUT2D eigenvalue weighted by Gasteiger charge is 2.43. The van der Waals surface area contributed by atoms with E-state index in [4.69, 9.17) is 4.74 Å². The Bertz CT molecular complexity index is 637. The van der Waals surface area contributed by atoms with E-state index in [0.29, 0.717) is 0 Å². The molecule has 2 N–H and O–H groups in total. The summed E-state index contributed by atoms with van der Waals surface area (Å²) in [7, 11) is 1.64. The molecule has 2 aromatic carbocycles. The lowest BCUT2D eigenvalue weighted by Gasteiger charge is -2.45. The predicted molar refractivity (Wildman–Crippen MR) is 84.5 cm³/mol. The molecular formula is C18H21NO2. The van der Waals surface area contributed by atoms with E-state index in [9.17, 15) is 5.11 Å². The van der Waals surface area contributed by atoms with Gasteiger partial charge in [0.2, 0.25) is 0 Å². The molecule has 0 amide bonds. The van der Waals surface area contributed by atoms with Crippen LogP contribution < -0.4 is 10.1 Å². The zero-order valence-corrected chi connectivity index (χ0v) is 12.6. The number of aliphatic hydroxyl groups is 1. The van der Waals surface area contributed by atoms with Crippen LogP contribution in [0.3, 0.4) is 0 Å². The molecule has 0 saturated carbocycles. The van der Waals surface area contributed by atoms with Crippen molar-refractivity contribution in [2.45, 2.75) is 26.0 Å². The van der Waals surface area contributed by atoms with Gasteiger partial charge in [-0.1, -0.05) is 44.2 Å². The van der Waals surface area contributed by atoms with E-state index in [1.165, 1.54) is 5.56 Å². The second kappa shape index (κ2) is 5.08. The summed E-state index contributed by atoms with van der Waals surface area (Å²) in [5, 5.41) is 14.4. The highest BCUT2D eigenvalue weighted by molar-refractivity contribution is 5.60. The van der Waals surface area contributed by atoms with Crippen molar-refractivity contribution >= 4 is 5.69 Å². The number of hydrogen-bond acceptors (Lipinski definition) is 3. The number of methoxy groups -OCH3 is 1. The van der Waals surface area contributed by atoms with Crippen molar-refractivity contribution in [1.82, 2.24) is 0 Å². The average molecular weight is 283 g/mol.